The lowest BCUT2D eigenvalue weighted by molar-refractivity contribution is 0.102. The number of hydrogen-bond donors (Lipinski definition) is 2. The maximum Gasteiger partial charge on any atom is 0.263 e. The number of benzene rings is 2. The van der Waals surface area contributed by atoms with Crippen molar-refractivity contribution in [3.8, 4) is 0 Å². The molecule has 0 bridgehead atoms. The Morgan fingerprint density at radius 3 is 2.38 bits per heavy atom. The van der Waals surface area contributed by atoms with Crippen molar-refractivity contribution in [2.45, 2.75) is 37.5 Å². The van der Waals surface area contributed by atoms with E-state index in [1.807, 2.05) is 30.3 Å². The zero-order chi connectivity index (χ0) is 23.9. The first kappa shape index (κ1) is 22.0. The summed E-state index contributed by atoms with van der Waals surface area (Å²) in [5.41, 5.74) is 3.44. The summed E-state index contributed by atoms with van der Waals surface area (Å²) >= 11 is 0. The molecular weight excluding hydrogens is 450 g/mol. The molecular formula is C25H23N5O3S. The van der Waals surface area contributed by atoms with Crippen molar-refractivity contribution in [3.63, 3.8) is 0 Å². The van der Waals surface area contributed by atoms with Crippen LogP contribution in [0.5, 0.6) is 0 Å². The summed E-state index contributed by atoms with van der Waals surface area (Å²) in [5, 5.41) is 3.66. The molecule has 172 valence electrons. The zero-order valence-electron chi connectivity index (χ0n) is 18.7. The monoisotopic (exact) mass is 473 g/mol. The van der Waals surface area contributed by atoms with Gasteiger partial charge in [-0.1, -0.05) is 18.2 Å². The first-order valence-corrected chi connectivity index (χ1v) is 12.4. The summed E-state index contributed by atoms with van der Waals surface area (Å²) in [4.78, 5) is 26.2. The summed E-state index contributed by atoms with van der Waals surface area (Å²) in [6.07, 6.45) is 2.18. The van der Waals surface area contributed by atoms with Crippen molar-refractivity contribution in [2.75, 3.05) is 10.0 Å². The van der Waals surface area contributed by atoms with Crippen LogP contribution in [0.3, 0.4) is 0 Å². The lowest BCUT2D eigenvalue weighted by Crippen LogP contribution is -2.16. The average Bonchev–Trinajstić information content (AvgIpc) is 3.63. The average molecular weight is 474 g/mol. The van der Waals surface area contributed by atoms with Crippen LogP contribution in [0.1, 0.15) is 46.3 Å². The van der Waals surface area contributed by atoms with Crippen LogP contribution in [0, 0.1) is 13.8 Å². The highest BCUT2D eigenvalue weighted by molar-refractivity contribution is 7.92. The number of nitrogens with one attached hydrogen (secondary N) is 2. The van der Waals surface area contributed by atoms with E-state index in [-0.39, 0.29) is 16.6 Å². The number of aromatic nitrogens is 3. The van der Waals surface area contributed by atoms with Gasteiger partial charge in [0.15, 0.2) is 0 Å². The largest absolute Gasteiger partial charge is 0.322 e. The van der Waals surface area contributed by atoms with E-state index in [1.54, 1.807) is 32.0 Å². The van der Waals surface area contributed by atoms with Crippen molar-refractivity contribution >= 4 is 38.3 Å². The normalized spacial score (nSPS) is 13.6. The number of pyridine rings is 1. The standard InChI is InChI=1S/C25H23N5O3S/c1-15-13-24(27-16(2)26-15)30-34(32,33)19-11-9-18(10-12-19)28-25(31)21-14-23(17-7-8-17)29-22-6-4-3-5-20(21)22/h3-6,9-14,17H,7-8H2,1-2H3,(H,28,31)(H,26,27,30). The molecule has 34 heavy (non-hydrogen) atoms. The number of rotatable bonds is 6. The van der Waals surface area contributed by atoms with Crippen molar-refractivity contribution in [1.82, 2.24) is 15.0 Å². The number of amides is 1. The van der Waals surface area contributed by atoms with Gasteiger partial charge in [-0.05, 0) is 63.1 Å². The predicted molar refractivity (Wildman–Crippen MR) is 130 cm³/mol. The number of carbonyl (C=O) groups excluding carboxylic acids is 1. The number of carbonyl (C=O) groups is 1. The number of anilines is 2. The van der Waals surface area contributed by atoms with Gasteiger partial charge in [-0.25, -0.2) is 18.4 Å². The summed E-state index contributed by atoms with van der Waals surface area (Å²) in [5.74, 6) is 0.833. The van der Waals surface area contributed by atoms with Crippen LogP contribution < -0.4 is 10.0 Å². The smallest absolute Gasteiger partial charge is 0.263 e. The molecule has 0 unspecified atom stereocenters. The summed E-state index contributed by atoms with van der Waals surface area (Å²) < 4.78 is 28.0. The molecule has 0 atom stereocenters. The molecule has 4 aromatic rings. The molecule has 2 aromatic carbocycles. The third kappa shape index (κ3) is 4.60. The molecule has 0 spiro atoms. The summed E-state index contributed by atoms with van der Waals surface area (Å²) in [6.45, 7) is 3.46. The minimum Gasteiger partial charge on any atom is -0.322 e. The van der Waals surface area contributed by atoms with Crippen LogP contribution in [-0.4, -0.2) is 29.3 Å². The third-order valence-electron chi connectivity index (χ3n) is 5.60. The first-order chi connectivity index (χ1) is 16.3. The highest BCUT2D eigenvalue weighted by Gasteiger charge is 2.27. The topological polar surface area (TPSA) is 114 Å². The fraction of sp³-hybridized carbons (Fsp3) is 0.200. The van der Waals surface area contributed by atoms with Gasteiger partial charge in [0, 0.05) is 34.4 Å². The van der Waals surface area contributed by atoms with Crippen LogP contribution in [0.4, 0.5) is 11.5 Å². The maximum absolute atomic E-state index is 13.1. The van der Waals surface area contributed by atoms with Gasteiger partial charge < -0.3 is 5.32 Å². The maximum atomic E-state index is 13.1. The molecule has 2 N–H and O–H groups in total. The van der Waals surface area contributed by atoms with E-state index in [0.29, 0.717) is 28.7 Å². The number of hydrogen-bond acceptors (Lipinski definition) is 6. The molecule has 2 heterocycles. The van der Waals surface area contributed by atoms with Crippen LogP contribution in [0.25, 0.3) is 10.9 Å². The molecule has 1 aliphatic carbocycles. The van der Waals surface area contributed by atoms with Gasteiger partial charge in [-0.2, -0.15) is 0 Å². The Hall–Kier alpha value is -3.85. The van der Waals surface area contributed by atoms with E-state index < -0.39 is 10.0 Å². The lowest BCUT2D eigenvalue weighted by atomic mass is 10.1. The van der Waals surface area contributed by atoms with Crippen molar-refractivity contribution in [3.05, 3.63) is 83.4 Å². The molecule has 1 amide bonds. The second-order valence-electron chi connectivity index (χ2n) is 8.41. The zero-order valence-corrected chi connectivity index (χ0v) is 19.6. The molecule has 5 rings (SSSR count). The third-order valence-corrected chi connectivity index (χ3v) is 6.97. The molecule has 1 fully saturated rings. The molecule has 2 aromatic heterocycles. The lowest BCUT2D eigenvalue weighted by Gasteiger charge is -2.11. The van der Waals surface area contributed by atoms with Gasteiger partial charge >= 0.3 is 0 Å². The van der Waals surface area contributed by atoms with Crippen LogP contribution >= 0.6 is 0 Å². The van der Waals surface area contributed by atoms with Gasteiger partial charge in [-0.3, -0.25) is 14.5 Å². The molecule has 9 heteroatoms. The number of aryl methyl sites for hydroxylation is 2. The van der Waals surface area contributed by atoms with Crippen LogP contribution in [0.15, 0.2) is 65.6 Å². The number of para-hydroxylation sites is 1. The van der Waals surface area contributed by atoms with Gasteiger partial charge in [0.25, 0.3) is 15.9 Å². The van der Waals surface area contributed by atoms with Gasteiger partial charge in [0.05, 0.1) is 16.0 Å². The van der Waals surface area contributed by atoms with E-state index in [2.05, 4.69) is 20.0 Å². The Kier molecular flexibility index (Phi) is 5.49. The Morgan fingerprint density at radius 1 is 0.941 bits per heavy atom. The van der Waals surface area contributed by atoms with Gasteiger partial charge in [0.2, 0.25) is 0 Å². The Balaban J connectivity index is 1.37. The second kappa shape index (κ2) is 8.49. The summed E-state index contributed by atoms with van der Waals surface area (Å²) in [7, 11) is -3.84. The molecule has 8 nitrogen and oxygen atoms in total. The SMILES string of the molecule is Cc1cc(NS(=O)(=O)c2ccc(NC(=O)c3cc(C4CC4)nc4ccccc34)cc2)nc(C)n1. The first-order valence-electron chi connectivity index (χ1n) is 10.9. The van der Waals surface area contributed by atoms with Crippen molar-refractivity contribution in [2.24, 2.45) is 0 Å². The Morgan fingerprint density at radius 2 is 1.68 bits per heavy atom. The Bertz CT molecular complexity index is 1490. The highest BCUT2D eigenvalue weighted by atomic mass is 32.2. The van der Waals surface area contributed by atoms with Crippen LogP contribution in [-0.2, 0) is 10.0 Å². The Labute approximate surface area is 197 Å². The molecule has 0 aliphatic heterocycles. The number of sulfonamides is 1. The number of fused-ring (bicyclic) bond motifs is 1. The molecule has 0 radical (unpaired) electrons. The molecule has 1 saturated carbocycles. The van der Waals surface area contributed by atoms with Gasteiger partial charge in [0.1, 0.15) is 11.6 Å². The van der Waals surface area contributed by atoms with E-state index in [1.165, 1.54) is 12.1 Å². The fourth-order valence-corrected chi connectivity index (χ4v) is 4.85. The molecule has 1 aliphatic rings. The second-order valence-corrected chi connectivity index (χ2v) is 10.1. The number of nitrogens with zero attached hydrogens (tertiary/aromatic N) is 3. The minimum absolute atomic E-state index is 0.0600. The van der Waals surface area contributed by atoms with E-state index >= 15 is 0 Å². The fourth-order valence-electron chi connectivity index (χ4n) is 3.85. The van der Waals surface area contributed by atoms with E-state index in [4.69, 9.17) is 4.98 Å². The van der Waals surface area contributed by atoms with E-state index in [9.17, 15) is 13.2 Å². The molecule has 0 saturated heterocycles. The predicted octanol–water partition coefficient (Wildman–Crippen LogP) is 4.57. The van der Waals surface area contributed by atoms with Crippen molar-refractivity contribution < 1.29 is 13.2 Å². The van der Waals surface area contributed by atoms with E-state index in [0.717, 1.165) is 29.4 Å². The van der Waals surface area contributed by atoms with Crippen molar-refractivity contribution in [1.29, 1.82) is 0 Å². The highest BCUT2D eigenvalue weighted by Crippen LogP contribution is 2.40. The van der Waals surface area contributed by atoms with Crippen LogP contribution in [0.2, 0.25) is 0 Å². The quantitative estimate of drug-likeness (QED) is 0.424. The summed E-state index contributed by atoms with van der Waals surface area (Å²) in [6, 6.07) is 17.0. The minimum atomic E-state index is -3.84. The van der Waals surface area contributed by atoms with Gasteiger partial charge in [-0.15, -0.1) is 0 Å².